The molecule has 174 valence electrons. The van der Waals surface area contributed by atoms with E-state index in [0.29, 0.717) is 35.3 Å². The number of hydrogen-bond acceptors (Lipinski definition) is 6. The van der Waals surface area contributed by atoms with Crippen LogP contribution in [0.1, 0.15) is 12.0 Å². The molecule has 0 spiro atoms. The molecule has 0 aliphatic rings. The molecule has 1 aromatic heterocycles. The molecule has 0 radical (unpaired) electrons. The van der Waals surface area contributed by atoms with Crippen LogP contribution in [-0.2, 0) is 4.79 Å². The minimum absolute atomic E-state index is 0.122. The Morgan fingerprint density at radius 2 is 1.62 bits per heavy atom. The highest BCUT2D eigenvalue weighted by Crippen LogP contribution is 2.37. The smallest absolute Gasteiger partial charge is 0.227 e. The van der Waals surface area contributed by atoms with E-state index in [1.807, 2.05) is 43.3 Å². The van der Waals surface area contributed by atoms with E-state index in [0.717, 1.165) is 22.2 Å². The number of carbonyl (C=O) groups excluding carboxylic acids is 1. The van der Waals surface area contributed by atoms with E-state index in [1.165, 1.54) is 0 Å². The van der Waals surface area contributed by atoms with Gasteiger partial charge in [0, 0.05) is 23.3 Å². The van der Waals surface area contributed by atoms with Gasteiger partial charge in [-0.25, -0.2) is 0 Å². The summed E-state index contributed by atoms with van der Waals surface area (Å²) in [7, 11) is 3.17. The Morgan fingerprint density at radius 3 is 2.35 bits per heavy atom. The summed E-state index contributed by atoms with van der Waals surface area (Å²) in [5.41, 5.74) is 2.45. The van der Waals surface area contributed by atoms with Crippen LogP contribution in [0, 0.1) is 6.92 Å². The lowest BCUT2D eigenvalue weighted by molar-refractivity contribution is -0.116. The summed E-state index contributed by atoms with van der Waals surface area (Å²) in [6.07, 6.45) is 1.93. The molecule has 1 N–H and O–H groups in total. The van der Waals surface area contributed by atoms with Crippen LogP contribution in [0.25, 0.3) is 10.9 Å². The van der Waals surface area contributed by atoms with Gasteiger partial charge in [0.2, 0.25) is 5.91 Å². The van der Waals surface area contributed by atoms with Crippen molar-refractivity contribution in [3.8, 4) is 28.7 Å². The Labute approximate surface area is 198 Å². The van der Waals surface area contributed by atoms with Crippen molar-refractivity contribution in [1.29, 1.82) is 0 Å². The quantitative estimate of drug-likeness (QED) is 0.344. The summed E-state index contributed by atoms with van der Waals surface area (Å²) in [4.78, 5) is 16.7. The molecular weight excluding hydrogens is 432 g/mol. The fourth-order valence-electron chi connectivity index (χ4n) is 3.47. The Morgan fingerprint density at radius 1 is 0.882 bits per heavy atom. The lowest BCUT2D eigenvalue weighted by Gasteiger charge is -2.13. The number of rotatable bonds is 9. The molecule has 0 atom stereocenters. The number of carbonyl (C=O) groups is 1. The van der Waals surface area contributed by atoms with E-state index < -0.39 is 0 Å². The molecule has 7 heteroatoms. The first-order valence-electron chi connectivity index (χ1n) is 10.8. The van der Waals surface area contributed by atoms with E-state index in [-0.39, 0.29) is 12.3 Å². The van der Waals surface area contributed by atoms with Crippen LogP contribution < -0.4 is 24.3 Å². The van der Waals surface area contributed by atoms with E-state index in [2.05, 4.69) is 10.3 Å². The predicted octanol–water partition coefficient (Wildman–Crippen LogP) is 5.76. The van der Waals surface area contributed by atoms with Crippen LogP contribution >= 0.6 is 0 Å². The van der Waals surface area contributed by atoms with Crippen molar-refractivity contribution in [3.63, 3.8) is 0 Å². The van der Waals surface area contributed by atoms with Crippen LogP contribution in [0.15, 0.2) is 72.9 Å². The molecule has 1 amide bonds. The fraction of sp³-hybridized carbons (Fsp3) is 0.185. The minimum atomic E-state index is -0.122. The zero-order valence-electron chi connectivity index (χ0n) is 19.3. The highest BCUT2D eigenvalue weighted by molar-refractivity contribution is 5.91. The number of aromatic nitrogens is 1. The van der Waals surface area contributed by atoms with Crippen molar-refractivity contribution < 1.29 is 23.7 Å². The van der Waals surface area contributed by atoms with Gasteiger partial charge in [0.25, 0.3) is 0 Å². The monoisotopic (exact) mass is 458 g/mol. The molecule has 3 aromatic carbocycles. The number of aryl methyl sites for hydroxylation is 1. The number of nitrogens with one attached hydrogen (secondary N) is 1. The molecule has 4 rings (SSSR count). The van der Waals surface area contributed by atoms with Crippen molar-refractivity contribution in [3.05, 3.63) is 78.5 Å². The first-order chi connectivity index (χ1) is 16.6. The maximum atomic E-state index is 12.3. The number of para-hydroxylation sites is 1. The van der Waals surface area contributed by atoms with Gasteiger partial charge in [-0.3, -0.25) is 9.78 Å². The topological polar surface area (TPSA) is 78.9 Å². The van der Waals surface area contributed by atoms with Gasteiger partial charge in [0.05, 0.1) is 32.8 Å². The zero-order chi connectivity index (χ0) is 23.9. The van der Waals surface area contributed by atoms with E-state index in [4.69, 9.17) is 18.9 Å². The number of ether oxygens (including phenoxy) is 4. The number of nitrogens with zero attached hydrogens (tertiary/aromatic N) is 1. The van der Waals surface area contributed by atoms with Crippen LogP contribution in [-0.4, -0.2) is 31.7 Å². The molecule has 1 heterocycles. The second-order valence-electron chi connectivity index (χ2n) is 7.57. The fourth-order valence-corrected chi connectivity index (χ4v) is 3.47. The summed E-state index contributed by atoms with van der Waals surface area (Å²) < 4.78 is 22.5. The summed E-state index contributed by atoms with van der Waals surface area (Å²) in [5.74, 6) is 3.13. The standard InChI is InChI=1S/C27H26N2O5/c1-18-6-4-5-7-23(18)33-15-13-27(30)29-19-8-10-20(11-9-19)34-24-12-14-28-22-17-26(32-3)25(31-2)16-21(22)24/h4-12,14,16-17H,13,15H2,1-3H3,(H,29,30). The van der Waals surface area contributed by atoms with Crippen molar-refractivity contribution in [2.45, 2.75) is 13.3 Å². The van der Waals surface area contributed by atoms with Crippen molar-refractivity contribution >= 4 is 22.5 Å². The molecule has 0 aliphatic carbocycles. The van der Waals surface area contributed by atoms with E-state index in [9.17, 15) is 4.79 Å². The third kappa shape index (κ3) is 5.38. The lowest BCUT2D eigenvalue weighted by atomic mass is 10.2. The minimum Gasteiger partial charge on any atom is -0.493 e. The predicted molar refractivity (Wildman–Crippen MR) is 131 cm³/mol. The largest absolute Gasteiger partial charge is 0.493 e. The first kappa shape index (κ1) is 22.9. The Balaban J connectivity index is 1.38. The normalized spacial score (nSPS) is 10.6. The molecule has 4 aromatic rings. The molecule has 0 saturated heterocycles. The molecule has 0 bridgehead atoms. The third-order valence-corrected chi connectivity index (χ3v) is 5.25. The Bertz CT molecular complexity index is 1290. The van der Waals surface area contributed by atoms with Gasteiger partial charge in [-0.15, -0.1) is 0 Å². The van der Waals surface area contributed by atoms with Crippen molar-refractivity contribution in [2.24, 2.45) is 0 Å². The Hall–Kier alpha value is -4.26. The SMILES string of the molecule is COc1cc2nccc(Oc3ccc(NC(=O)CCOc4ccccc4C)cc3)c2cc1OC. The van der Waals surface area contributed by atoms with Gasteiger partial charge in [-0.05, 0) is 55.0 Å². The number of methoxy groups -OCH3 is 2. The molecule has 7 nitrogen and oxygen atoms in total. The average Bonchev–Trinajstić information content (AvgIpc) is 2.85. The molecule has 34 heavy (non-hydrogen) atoms. The third-order valence-electron chi connectivity index (χ3n) is 5.25. The van der Waals surface area contributed by atoms with Crippen LogP contribution in [0.5, 0.6) is 28.7 Å². The summed E-state index contributed by atoms with van der Waals surface area (Å²) in [6.45, 7) is 2.28. The molecular formula is C27H26N2O5. The van der Waals surface area contributed by atoms with Gasteiger partial charge in [0.1, 0.15) is 17.2 Å². The number of benzene rings is 3. The van der Waals surface area contributed by atoms with Crippen molar-refractivity contribution in [2.75, 3.05) is 26.1 Å². The molecule has 0 saturated carbocycles. The highest BCUT2D eigenvalue weighted by atomic mass is 16.5. The van der Waals surface area contributed by atoms with Gasteiger partial charge in [-0.1, -0.05) is 18.2 Å². The summed E-state index contributed by atoms with van der Waals surface area (Å²) >= 11 is 0. The maximum absolute atomic E-state index is 12.3. The van der Waals surface area contributed by atoms with Gasteiger partial charge >= 0.3 is 0 Å². The number of pyridine rings is 1. The summed E-state index contributed by atoms with van der Waals surface area (Å²) in [6, 6.07) is 20.3. The van der Waals surface area contributed by atoms with Crippen LogP contribution in [0.4, 0.5) is 5.69 Å². The number of fused-ring (bicyclic) bond motifs is 1. The van der Waals surface area contributed by atoms with E-state index >= 15 is 0 Å². The van der Waals surface area contributed by atoms with Crippen LogP contribution in [0.2, 0.25) is 0 Å². The molecule has 0 unspecified atom stereocenters. The number of hydrogen-bond donors (Lipinski definition) is 1. The summed E-state index contributed by atoms with van der Waals surface area (Å²) in [5, 5.41) is 3.67. The second-order valence-corrected chi connectivity index (χ2v) is 7.57. The van der Waals surface area contributed by atoms with Gasteiger partial charge in [0.15, 0.2) is 11.5 Å². The number of amides is 1. The first-order valence-corrected chi connectivity index (χ1v) is 10.8. The van der Waals surface area contributed by atoms with Gasteiger partial charge < -0.3 is 24.3 Å². The highest BCUT2D eigenvalue weighted by Gasteiger charge is 2.11. The van der Waals surface area contributed by atoms with Crippen molar-refractivity contribution in [1.82, 2.24) is 4.98 Å². The lowest BCUT2D eigenvalue weighted by Crippen LogP contribution is -2.15. The van der Waals surface area contributed by atoms with E-state index in [1.54, 1.807) is 50.7 Å². The second kappa shape index (κ2) is 10.6. The van der Waals surface area contributed by atoms with Gasteiger partial charge in [-0.2, -0.15) is 0 Å². The van der Waals surface area contributed by atoms with Crippen LogP contribution in [0.3, 0.4) is 0 Å². The maximum Gasteiger partial charge on any atom is 0.227 e. The average molecular weight is 459 g/mol. The molecule has 0 aliphatic heterocycles. The number of anilines is 1. The molecule has 0 fully saturated rings. The zero-order valence-corrected chi connectivity index (χ0v) is 19.3. The Kier molecular flexibility index (Phi) is 7.13.